The molecule has 0 saturated carbocycles. The van der Waals surface area contributed by atoms with E-state index in [9.17, 15) is 8.78 Å². The minimum atomic E-state index is -2.53. The summed E-state index contributed by atoms with van der Waals surface area (Å²) in [6.45, 7) is 0. The Labute approximate surface area is 95.2 Å². The van der Waals surface area contributed by atoms with Crippen molar-refractivity contribution in [3.8, 4) is 11.1 Å². The van der Waals surface area contributed by atoms with E-state index < -0.39 is 6.43 Å². The van der Waals surface area contributed by atoms with Gasteiger partial charge in [-0.15, -0.1) is 0 Å². The standard InChI is InChI=1S/C10H8ClF2N3/c11-8-3-5(9(12)13)1-2-6(8)7-4-15-16-10(7)14/h1-4,9H,(H3,14,15,16). The predicted molar refractivity (Wildman–Crippen MR) is 58.4 cm³/mol. The predicted octanol–water partition coefficient (Wildman–Crippen LogP) is 3.25. The van der Waals surface area contributed by atoms with E-state index >= 15 is 0 Å². The number of nitrogens with two attached hydrogens (primary N) is 1. The maximum Gasteiger partial charge on any atom is 0.263 e. The van der Waals surface area contributed by atoms with E-state index in [1.54, 1.807) is 0 Å². The van der Waals surface area contributed by atoms with E-state index in [4.69, 9.17) is 17.3 Å². The molecule has 0 atom stereocenters. The van der Waals surface area contributed by atoms with Crippen LogP contribution < -0.4 is 5.73 Å². The number of benzene rings is 1. The van der Waals surface area contributed by atoms with Crippen molar-refractivity contribution in [2.45, 2.75) is 6.43 Å². The van der Waals surface area contributed by atoms with Gasteiger partial charge in [-0.1, -0.05) is 23.7 Å². The van der Waals surface area contributed by atoms with Crippen molar-refractivity contribution in [1.29, 1.82) is 0 Å². The van der Waals surface area contributed by atoms with Crippen molar-refractivity contribution in [2.75, 3.05) is 5.73 Å². The first-order valence-corrected chi connectivity index (χ1v) is 4.84. The number of alkyl halides is 2. The van der Waals surface area contributed by atoms with Gasteiger partial charge in [0.05, 0.1) is 6.20 Å². The molecule has 0 fully saturated rings. The lowest BCUT2D eigenvalue weighted by Crippen LogP contribution is -1.90. The topological polar surface area (TPSA) is 54.7 Å². The van der Waals surface area contributed by atoms with Crippen LogP contribution in [0.1, 0.15) is 12.0 Å². The highest BCUT2D eigenvalue weighted by molar-refractivity contribution is 6.33. The summed E-state index contributed by atoms with van der Waals surface area (Å²) in [6.07, 6.45) is -1.04. The fourth-order valence-corrected chi connectivity index (χ4v) is 1.69. The summed E-state index contributed by atoms with van der Waals surface area (Å²) in [5.74, 6) is 0.353. The number of H-pyrrole nitrogens is 1. The average Bonchev–Trinajstić information content (AvgIpc) is 2.64. The largest absolute Gasteiger partial charge is 0.384 e. The highest BCUT2D eigenvalue weighted by Gasteiger charge is 2.13. The summed E-state index contributed by atoms with van der Waals surface area (Å²) in [6, 6.07) is 4.05. The SMILES string of the molecule is Nc1[nH]ncc1-c1ccc(C(F)F)cc1Cl. The van der Waals surface area contributed by atoms with Crippen LogP contribution in [-0.4, -0.2) is 10.2 Å². The lowest BCUT2D eigenvalue weighted by atomic mass is 10.1. The number of aromatic amines is 1. The van der Waals surface area contributed by atoms with E-state index in [0.717, 1.165) is 0 Å². The lowest BCUT2D eigenvalue weighted by molar-refractivity contribution is 0.151. The molecule has 1 aromatic heterocycles. The maximum atomic E-state index is 12.4. The van der Waals surface area contributed by atoms with Crippen molar-refractivity contribution in [3.05, 3.63) is 35.0 Å². The Kier molecular flexibility index (Phi) is 2.78. The average molecular weight is 244 g/mol. The highest BCUT2D eigenvalue weighted by atomic mass is 35.5. The first-order valence-electron chi connectivity index (χ1n) is 4.46. The third-order valence-electron chi connectivity index (χ3n) is 2.20. The molecule has 16 heavy (non-hydrogen) atoms. The normalized spacial score (nSPS) is 11.0. The van der Waals surface area contributed by atoms with Crippen molar-refractivity contribution in [3.63, 3.8) is 0 Å². The number of hydrogen-bond acceptors (Lipinski definition) is 2. The van der Waals surface area contributed by atoms with E-state index in [-0.39, 0.29) is 10.6 Å². The molecule has 2 aromatic rings. The molecular weight excluding hydrogens is 236 g/mol. The van der Waals surface area contributed by atoms with Gasteiger partial charge in [-0.05, 0) is 6.07 Å². The summed E-state index contributed by atoms with van der Waals surface area (Å²) in [5, 5.41) is 6.52. The molecule has 0 radical (unpaired) electrons. The third kappa shape index (κ3) is 1.86. The first kappa shape index (κ1) is 10.9. The van der Waals surface area contributed by atoms with Crippen molar-refractivity contribution in [1.82, 2.24) is 10.2 Å². The number of nitrogens with zero attached hydrogens (tertiary/aromatic N) is 1. The number of nitrogens with one attached hydrogen (secondary N) is 1. The Morgan fingerprint density at radius 1 is 1.31 bits per heavy atom. The van der Waals surface area contributed by atoms with Gasteiger partial charge in [-0.3, -0.25) is 5.10 Å². The van der Waals surface area contributed by atoms with Crippen molar-refractivity contribution in [2.24, 2.45) is 0 Å². The second kappa shape index (κ2) is 4.09. The fraction of sp³-hybridized carbons (Fsp3) is 0.100. The van der Waals surface area contributed by atoms with Crippen LogP contribution in [0, 0.1) is 0 Å². The van der Waals surface area contributed by atoms with Crippen LogP contribution >= 0.6 is 11.6 Å². The maximum absolute atomic E-state index is 12.4. The molecule has 0 aliphatic heterocycles. The summed E-state index contributed by atoms with van der Waals surface area (Å²) < 4.78 is 24.8. The van der Waals surface area contributed by atoms with Crippen molar-refractivity contribution >= 4 is 17.4 Å². The molecule has 3 nitrogen and oxygen atoms in total. The molecule has 0 bridgehead atoms. The second-order valence-corrected chi connectivity index (χ2v) is 3.64. The molecule has 2 rings (SSSR count). The van der Waals surface area contributed by atoms with Crippen LogP contribution in [0.2, 0.25) is 5.02 Å². The van der Waals surface area contributed by atoms with Gasteiger partial charge < -0.3 is 5.73 Å². The smallest absolute Gasteiger partial charge is 0.263 e. The zero-order valence-electron chi connectivity index (χ0n) is 8.05. The summed E-state index contributed by atoms with van der Waals surface area (Å²) in [5.41, 5.74) is 6.68. The van der Waals surface area contributed by atoms with Crippen LogP contribution in [0.25, 0.3) is 11.1 Å². The molecule has 6 heteroatoms. The van der Waals surface area contributed by atoms with Crippen molar-refractivity contribution < 1.29 is 8.78 Å². The third-order valence-corrected chi connectivity index (χ3v) is 2.52. The van der Waals surface area contributed by atoms with Crippen LogP contribution in [-0.2, 0) is 0 Å². The molecule has 3 N–H and O–H groups in total. The number of hydrogen-bond donors (Lipinski definition) is 2. The number of aromatic nitrogens is 2. The zero-order valence-corrected chi connectivity index (χ0v) is 8.80. The van der Waals surface area contributed by atoms with Crippen LogP contribution in [0.4, 0.5) is 14.6 Å². The monoisotopic (exact) mass is 243 g/mol. The van der Waals surface area contributed by atoms with Gasteiger partial charge in [0, 0.05) is 21.7 Å². The van der Waals surface area contributed by atoms with Gasteiger partial charge in [0.2, 0.25) is 0 Å². The molecule has 0 amide bonds. The van der Waals surface area contributed by atoms with Crippen LogP contribution in [0.15, 0.2) is 24.4 Å². The van der Waals surface area contributed by atoms with Gasteiger partial charge in [-0.2, -0.15) is 5.10 Å². The van der Waals surface area contributed by atoms with E-state index in [1.165, 1.54) is 24.4 Å². The quantitative estimate of drug-likeness (QED) is 0.851. The minimum absolute atomic E-state index is 0.115. The van der Waals surface area contributed by atoms with Gasteiger partial charge in [0.15, 0.2) is 0 Å². The molecule has 0 spiro atoms. The number of halogens is 3. The Balaban J connectivity index is 2.48. The fourth-order valence-electron chi connectivity index (χ4n) is 1.40. The Hall–Kier alpha value is -1.62. The Bertz CT molecular complexity index is 511. The zero-order chi connectivity index (χ0) is 11.7. The van der Waals surface area contributed by atoms with Gasteiger partial charge in [0.1, 0.15) is 5.82 Å². The number of nitrogen functional groups attached to an aromatic ring is 1. The molecule has 0 aliphatic rings. The van der Waals surface area contributed by atoms with E-state index in [0.29, 0.717) is 16.9 Å². The molecule has 1 aromatic carbocycles. The van der Waals surface area contributed by atoms with Gasteiger partial charge >= 0.3 is 0 Å². The van der Waals surface area contributed by atoms with E-state index in [1.807, 2.05) is 0 Å². The lowest BCUT2D eigenvalue weighted by Gasteiger charge is -2.05. The minimum Gasteiger partial charge on any atom is -0.384 e. The van der Waals surface area contributed by atoms with Gasteiger partial charge in [-0.25, -0.2) is 8.78 Å². The van der Waals surface area contributed by atoms with E-state index in [2.05, 4.69) is 10.2 Å². The summed E-state index contributed by atoms with van der Waals surface area (Å²) in [7, 11) is 0. The molecule has 0 saturated heterocycles. The molecular formula is C10H8ClF2N3. The highest BCUT2D eigenvalue weighted by Crippen LogP contribution is 2.33. The van der Waals surface area contributed by atoms with Crippen LogP contribution in [0.5, 0.6) is 0 Å². The van der Waals surface area contributed by atoms with Gasteiger partial charge in [0.25, 0.3) is 6.43 Å². The molecule has 84 valence electrons. The Morgan fingerprint density at radius 3 is 2.56 bits per heavy atom. The number of rotatable bonds is 2. The van der Waals surface area contributed by atoms with Crippen LogP contribution in [0.3, 0.4) is 0 Å². The Morgan fingerprint density at radius 2 is 2.06 bits per heavy atom. The first-order chi connectivity index (χ1) is 7.59. The second-order valence-electron chi connectivity index (χ2n) is 3.24. The summed E-state index contributed by atoms with van der Waals surface area (Å²) in [4.78, 5) is 0. The number of anilines is 1. The molecule has 0 aliphatic carbocycles. The summed E-state index contributed by atoms with van der Waals surface area (Å²) >= 11 is 5.91. The molecule has 0 unspecified atom stereocenters. The molecule has 1 heterocycles.